The first-order chi connectivity index (χ1) is 12.9. The molecule has 0 aliphatic carbocycles. The van der Waals surface area contributed by atoms with Gasteiger partial charge in [0.05, 0.1) is 28.2 Å². The number of para-hydroxylation sites is 2. The van der Waals surface area contributed by atoms with Gasteiger partial charge < -0.3 is 10.1 Å². The highest BCUT2D eigenvalue weighted by Crippen LogP contribution is 2.25. The van der Waals surface area contributed by atoms with Crippen LogP contribution in [0.4, 0.5) is 5.69 Å². The molecule has 3 aromatic rings. The summed E-state index contributed by atoms with van der Waals surface area (Å²) in [5.74, 6) is 0.240. The van der Waals surface area contributed by atoms with Gasteiger partial charge in [-0.25, -0.2) is 4.79 Å². The first-order valence-corrected chi connectivity index (χ1v) is 8.73. The maximum absolute atomic E-state index is 12.2. The topological polar surface area (TPSA) is 93.2 Å². The fourth-order valence-electron chi connectivity index (χ4n) is 2.69. The fourth-order valence-corrected chi connectivity index (χ4v) is 3.26. The number of ether oxygens (including phenoxy) is 1. The third kappa shape index (κ3) is 4.15. The summed E-state index contributed by atoms with van der Waals surface area (Å²) in [4.78, 5) is 37.8. The molecule has 2 aromatic carbocycles. The highest BCUT2D eigenvalue weighted by Gasteiger charge is 2.12. The van der Waals surface area contributed by atoms with Crippen LogP contribution in [0.5, 0.6) is 5.75 Å². The van der Waals surface area contributed by atoms with Crippen molar-refractivity contribution in [2.24, 2.45) is 0 Å². The number of amides is 1. The molecule has 2 N–H and O–H groups in total. The van der Waals surface area contributed by atoms with Gasteiger partial charge in [0.2, 0.25) is 5.91 Å². The largest absolute Gasteiger partial charge is 0.490 e. The number of hydrogen-bond donors (Lipinski definition) is 2. The number of carbonyl (C=O) groups is 1. The minimum Gasteiger partial charge on any atom is -0.490 e. The Bertz CT molecular complexity index is 1140. The lowest BCUT2D eigenvalue weighted by Gasteiger charge is -2.14. The molecule has 0 spiro atoms. The summed E-state index contributed by atoms with van der Waals surface area (Å²) in [5, 5.41) is 3.32. The molecule has 0 atom stereocenters. The summed E-state index contributed by atoms with van der Waals surface area (Å²) < 4.78 is 7.03. The summed E-state index contributed by atoms with van der Waals surface area (Å²) in [6.45, 7) is 1.65. The Kier molecular flexibility index (Phi) is 5.53. The van der Waals surface area contributed by atoms with Gasteiger partial charge in [-0.15, -0.1) is 0 Å². The van der Waals surface area contributed by atoms with E-state index in [0.29, 0.717) is 22.0 Å². The first-order valence-electron chi connectivity index (χ1n) is 7.98. The van der Waals surface area contributed by atoms with Crippen molar-refractivity contribution in [3.8, 4) is 5.75 Å². The zero-order valence-electron chi connectivity index (χ0n) is 14.2. The zero-order valence-corrected chi connectivity index (χ0v) is 15.7. The predicted molar refractivity (Wildman–Crippen MR) is 105 cm³/mol. The smallest absolute Gasteiger partial charge is 0.328 e. The Hall–Kier alpha value is -2.77. The number of nitrogens with one attached hydrogen (secondary N) is 2. The van der Waals surface area contributed by atoms with E-state index in [1.165, 1.54) is 23.6 Å². The maximum atomic E-state index is 12.2. The summed E-state index contributed by atoms with van der Waals surface area (Å²) in [5.41, 5.74) is -0.329. The third-order valence-electron chi connectivity index (χ3n) is 3.79. The number of nitrogens with zero attached hydrogens (tertiary/aromatic N) is 1. The van der Waals surface area contributed by atoms with E-state index in [-0.39, 0.29) is 29.5 Å². The Labute approximate surface area is 163 Å². The average molecular weight is 408 g/mol. The Morgan fingerprint density at radius 1 is 1.22 bits per heavy atom. The molecule has 1 amide bonds. The number of rotatable bonds is 5. The maximum Gasteiger partial charge on any atom is 0.328 e. The molecule has 0 aliphatic rings. The van der Waals surface area contributed by atoms with Crippen LogP contribution in [-0.4, -0.2) is 22.1 Å². The third-order valence-corrected chi connectivity index (χ3v) is 4.30. The van der Waals surface area contributed by atoms with Crippen LogP contribution in [0.3, 0.4) is 0 Å². The molecule has 7 nitrogen and oxygen atoms in total. The molecule has 3 rings (SSSR count). The number of H-pyrrole nitrogens is 1. The molecule has 0 fully saturated rings. The molecule has 0 saturated carbocycles. The number of hydrogen-bond acceptors (Lipinski definition) is 4. The van der Waals surface area contributed by atoms with Crippen LogP contribution in [0.2, 0.25) is 10.0 Å². The number of aromatic nitrogens is 2. The lowest BCUT2D eigenvalue weighted by atomic mass is 10.2. The van der Waals surface area contributed by atoms with E-state index in [1.807, 2.05) is 0 Å². The molecule has 0 saturated heterocycles. The molecule has 0 radical (unpaired) electrons. The Morgan fingerprint density at radius 3 is 2.70 bits per heavy atom. The molecule has 140 valence electrons. The quantitative estimate of drug-likeness (QED) is 0.679. The van der Waals surface area contributed by atoms with Crippen molar-refractivity contribution in [1.82, 2.24) is 9.55 Å². The number of carbonyl (C=O) groups excluding carboxylic acids is 1. The molecular weight excluding hydrogens is 393 g/mol. The van der Waals surface area contributed by atoms with Crippen LogP contribution in [0.15, 0.2) is 46.0 Å². The van der Waals surface area contributed by atoms with Crippen molar-refractivity contribution in [2.75, 3.05) is 11.9 Å². The molecule has 0 aliphatic heterocycles. The highest BCUT2D eigenvalue weighted by atomic mass is 35.5. The highest BCUT2D eigenvalue weighted by molar-refractivity contribution is 6.38. The molecule has 0 unspecified atom stereocenters. The van der Waals surface area contributed by atoms with E-state index >= 15 is 0 Å². The Balaban J connectivity index is 1.90. The van der Waals surface area contributed by atoms with E-state index in [2.05, 4.69) is 10.3 Å². The van der Waals surface area contributed by atoms with Gasteiger partial charge in [-0.2, -0.15) is 0 Å². The number of fused-ring (bicyclic) bond motifs is 1. The zero-order chi connectivity index (χ0) is 19.6. The van der Waals surface area contributed by atoms with E-state index in [4.69, 9.17) is 27.9 Å². The molecular formula is C18H15Cl2N3O4. The fraction of sp³-hybridized carbons (Fsp3) is 0.167. The normalized spacial score (nSPS) is 10.8. The van der Waals surface area contributed by atoms with Crippen LogP contribution >= 0.6 is 23.2 Å². The molecule has 1 heterocycles. The number of anilines is 1. The minimum atomic E-state index is -0.593. The number of benzene rings is 2. The van der Waals surface area contributed by atoms with Gasteiger partial charge >= 0.3 is 5.69 Å². The van der Waals surface area contributed by atoms with Gasteiger partial charge in [0.15, 0.2) is 0 Å². The SMILES string of the molecule is CC(=O)Nc1ccccc1OCCn1c(=O)[nH]c(=O)c2c(Cl)cc(Cl)cc21. The molecule has 27 heavy (non-hydrogen) atoms. The summed E-state index contributed by atoms with van der Waals surface area (Å²) in [6.07, 6.45) is 0. The van der Waals surface area contributed by atoms with Crippen LogP contribution in [-0.2, 0) is 11.3 Å². The van der Waals surface area contributed by atoms with E-state index in [9.17, 15) is 14.4 Å². The van der Waals surface area contributed by atoms with Crippen molar-refractivity contribution >= 4 is 45.7 Å². The predicted octanol–water partition coefficient (Wildman–Crippen LogP) is 3.03. The first kappa shape index (κ1) is 19.0. The lowest BCUT2D eigenvalue weighted by Crippen LogP contribution is -2.32. The summed E-state index contributed by atoms with van der Waals surface area (Å²) >= 11 is 12.1. The minimum absolute atomic E-state index is 0.113. The van der Waals surface area contributed by atoms with E-state index in [1.54, 1.807) is 24.3 Å². The van der Waals surface area contributed by atoms with Crippen molar-refractivity contribution in [1.29, 1.82) is 0 Å². The van der Waals surface area contributed by atoms with Gasteiger partial charge in [0.1, 0.15) is 12.4 Å². The number of halogens is 2. The van der Waals surface area contributed by atoms with Crippen LogP contribution in [0.25, 0.3) is 10.9 Å². The second kappa shape index (κ2) is 7.85. The van der Waals surface area contributed by atoms with Crippen molar-refractivity contribution in [3.05, 3.63) is 67.3 Å². The van der Waals surface area contributed by atoms with Crippen molar-refractivity contribution in [3.63, 3.8) is 0 Å². The molecule has 1 aromatic heterocycles. The second-order valence-corrected chi connectivity index (χ2v) is 6.56. The van der Waals surface area contributed by atoms with Crippen molar-refractivity contribution < 1.29 is 9.53 Å². The number of aromatic amines is 1. The van der Waals surface area contributed by atoms with E-state index in [0.717, 1.165) is 0 Å². The average Bonchev–Trinajstić information content (AvgIpc) is 2.57. The second-order valence-electron chi connectivity index (χ2n) is 5.72. The van der Waals surface area contributed by atoms with Crippen LogP contribution in [0, 0.1) is 0 Å². The Morgan fingerprint density at radius 2 is 1.96 bits per heavy atom. The van der Waals surface area contributed by atoms with Gasteiger partial charge in [-0.3, -0.25) is 19.1 Å². The van der Waals surface area contributed by atoms with Gasteiger partial charge in [-0.05, 0) is 24.3 Å². The van der Waals surface area contributed by atoms with Gasteiger partial charge in [-0.1, -0.05) is 35.3 Å². The standard InChI is InChI=1S/C18H15Cl2N3O4/c1-10(24)21-13-4-2-3-5-15(13)27-7-6-23-14-9-11(19)8-12(20)16(14)17(25)22-18(23)26/h2-5,8-9H,6-7H2,1H3,(H,21,24)(H,22,25,26). The molecule has 9 heteroatoms. The lowest BCUT2D eigenvalue weighted by molar-refractivity contribution is -0.114. The summed E-state index contributed by atoms with van der Waals surface area (Å²) in [6, 6.07) is 9.88. The van der Waals surface area contributed by atoms with Crippen molar-refractivity contribution in [2.45, 2.75) is 13.5 Å². The van der Waals surface area contributed by atoms with Crippen LogP contribution < -0.4 is 21.3 Å². The monoisotopic (exact) mass is 407 g/mol. The van der Waals surface area contributed by atoms with E-state index < -0.39 is 11.2 Å². The molecule has 0 bridgehead atoms. The van der Waals surface area contributed by atoms with Gasteiger partial charge in [0, 0.05) is 11.9 Å². The van der Waals surface area contributed by atoms with Gasteiger partial charge in [0.25, 0.3) is 5.56 Å². The summed E-state index contributed by atoms with van der Waals surface area (Å²) in [7, 11) is 0. The van der Waals surface area contributed by atoms with Crippen LogP contribution in [0.1, 0.15) is 6.92 Å².